The van der Waals surface area contributed by atoms with Gasteiger partial charge in [0.25, 0.3) is 0 Å². The van der Waals surface area contributed by atoms with Crippen molar-refractivity contribution >= 4 is 0 Å². The van der Waals surface area contributed by atoms with Crippen LogP contribution in [-0.2, 0) is 6.42 Å². The van der Waals surface area contributed by atoms with Crippen LogP contribution in [0.25, 0.3) is 0 Å². The maximum atomic E-state index is 2.37. The highest BCUT2D eigenvalue weighted by atomic mass is 14.2. The van der Waals surface area contributed by atoms with Gasteiger partial charge in [0.1, 0.15) is 0 Å². The number of rotatable bonds is 8. The molecule has 0 saturated heterocycles. The molecule has 0 heteroatoms. The third kappa shape index (κ3) is 6.32. The molecule has 3 aromatic rings. The van der Waals surface area contributed by atoms with Crippen molar-refractivity contribution in [1.82, 2.24) is 0 Å². The van der Waals surface area contributed by atoms with Crippen LogP contribution >= 0.6 is 0 Å². The van der Waals surface area contributed by atoms with Gasteiger partial charge in [0.2, 0.25) is 0 Å². The van der Waals surface area contributed by atoms with Crippen molar-refractivity contribution in [3.63, 3.8) is 0 Å². The molecule has 0 heterocycles. The van der Waals surface area contributed by atoms with Crippen LogP contribution in [0.1, 0.15) is 55.9 Å². The molecule has 3 aromatic carbocycles. The van der Waals surface area contributed by atoms with Crippen molar-refractivity contribution in [3.8, 4) is 0 Å². The number of allylic oxidation sites excluding steroid dienone is 4. The lowest BCUT2D eigenvalue weighted by atomic mass is 9.85. The smallest absolute Gasteiger partial charge is 0.0629 e. The third-order valence-electron chi connectivity index (χ3n) is 5.15. The van der Waals surface area contributed by atoms with Crippen LogP contribution in [0.5, 0.6) is 0 Å². The SMILES string of the molecule is CC(C)=CCC/C(C)=C/Cc1ccc([C](c2ccccc2)c2ccccc2)cc1. The van der Waals surface area contributed by atoms with Gasteiger partial charge in [0.15, 0.2) is 0 Å². The zero-order chi connectivity index (χ0) is 20.5. The Morgan fingerprint density at radius 3 is 1.66 bits per heavy atom. The average molecular weight is 380 g/mol. The maximum absolute atomic E-state index is 2.37. The highest BCUT2D eigenvalue weighted by Crippen LogP contribution is 2.30. The maximum Gasteiger partial charge on any atom is 0.0629 e. The van der Waals surface area contributed by atoms with Crippen LogP contribution in [0.15, 0.2) is 108 Å². The number of hydrogen-bond donors (Lipinski definition) is 0. The van der Waals surface area contributed by atoms with Crippen molar-refractivity contribution in [2.45, 2.75) is 40.0 Å². The Balaban J connectivity index is 1.75. The topological polar surface area (TPSA) is 0 Å². The van der Waals surface area contributed by atoms with Crippen molar-refractivity contribution in [2.75, 3.05) is 0 Å². The molecule has 0 nitrogen and oxygen atoms in total. The zero-order valence-corrected chi connectivity index (χ0v) is 17.9. The summed E-state index contributed by atoms with van der Waals surface area (Å²) in [6, 6.07) is 30.4. The van der Waals surface area contributed by atoms with Crippen LogP contribution in [0, 0.1) is 5.92 Å². The first-order chi connectivity index (χ1) is 14.1. The molecule has 0 aromatic heterocycles. The second-order valence-corrected chi connectivity index (χ2v) is 7.88. The van der Waals surface area contributed by atoms with Crippen LogP contribution in [0.4, 0.5) is 0 Å². The van der Waals surface area contributed by atoms with Crippen molar-refractivity contribution < 1.29 is 0 Å². The van der Waals surface area contributed by atoms with E-state index in [-0.39, 0.29) is 0 Å². The molecule has 0 aliphatic rings. The number of benzene rings is 3. The Kier molecular flexibility index (Phi) is 7.64. The molecule has 0 saturated carbocycles. The summed E-state index contributed by atoms with van der Waals surface area (Å²) in [5, 5.41) is 0. The fourth-order valence-electron chi connectivity index (χ4n) is 3.50. The minimum absolute atomic E-state index is 0.993. The van der Waals surface area contributed by atoms with Crippen LogP contribution in [0.2, 0.25) is 0 Å². The normalized spacial score (nSPS) is 11.5. The van der Waals surface area contributed by atoms with Crippen LogP contribution < -0.4 is 0 Å². The van der Waals surface area contributed by atoms with Crippen LogP contribution in [-0.4, -0.2) is 0 Å². The second-order valence-electron chi connectivity index (χ2n) is 7.88. The lowest BCUT2D eigenvalue weighted by molar-refractivity contribution is 0.955. The molecule has 3 rings (SSSR count). The Hall–Kier alpha value is -2.86. The predicted octanol–water partition coefficient (Wildman–Crippen LogP) is 7.94. The lowest BCUT2D eigenvalue weighted by Gasteiger charge is -2.18. The van der Waals surface area contributed by atoms with E-state index in [1.165, 1.54) is 39.3 Å². The van der Waals surface area contributed by atoms with Gasteiger partial charge in [-0.1, -0.05) is 108 Å². The van der Waals surface area contributed by atoms with E-state index < -0.39 is 0 Å². The summed E-state index contributed by atoms with van der Waals surface area (Å²) in [6.45, 7) is 6.57. The minimum Gasteiger partial charge on any atom is -0.0856 e. The summed E-state index contributed by atoms with van der Waals surface area (Å²) in [7, 11) is 0. The Morgan fingerprint density at radius 1 is 0.621 bits per heavy atom. The highest BCUT2D eigenvalue weighted by Gasteiger charge is 2.17. The lowest BCUT2D eigenvalue weighted by Crippen LogP contribution is -2.04. The summed E-state index contributed by atoms with van der Waals surface area (Å²) in [4.78, 5) is 0. The van der Waals surface area contributed by atoms with Gasteiger partial charge in [-0.05, 0) is 62.3 Å². The molecular weight excluding hydrogens is 348 g/mol. The first-order valence-corrected chi connectivity index (χ1v) is 10.5. The molecule has 147 valence electrons. The molecular formula is C29H31. The molecule has 0 aliphatic heterocycles. The molecule has 0 aliphatic carbocycles. The van der Waals surface area contributed by atoms with Gasteiger partial charge in [-0.3, -0.25) is 0 Å². The van der Waals surface area contributed by atoms with E-state index in [2.05, 4.69) is 118 Å². The standard InChI is InChI=1S/C29H31/c1-23(2)11-10-12-24(3)17-18-25-19-21-28(22-20-25)29(26-13-6-4-7-14-26)27-15-8-5-9-16-27/h4-9,11,13-17,19-22H,10,12,18H2,1-3H3/b24-17+. The fraction of sp³-hybridized carbons (Fsp3) is 0.207. The molecule has 0 N–H and O–H groups in total. The first-order valence-electron chi connectivity index (χ1n) is 10.5. The predicted molar refractivity (Wildman–Crippen MR) is 126 cm³/mol. The van der Waals surface area contributed by atoms with E-state index >= 15 is 0 Å². The van der Waals surface area contributed by atoms with Crippen molar-refractivity contribution in [3.05, 3.63) is 136 Å². The minimum atomic E-state index is 0.993. The molecule has 0 atom stereocenters. The van der Waals surface area contributed by atoms with E-state index in [0.29, 0.717) is 0 Å². The van der Waals surface area contributed by atoms with Crippen molar-refractivity contribution in [2.24, 2.45) is 0 Å². The van der Waals surface area contributed by atoms with Gasteiger partial charge in [0.05, 0.1) is 5.92 Å². The van der Waals surface area contributed by atoms with Crippen LogP contribution in [0.3, 0.4) is 0 Å². The molecule has 0 amide bonds. The van der Waals surface area contributed by atoms with Gasteiger partial charge < -0.3 is 0 Å². The summed E-state index contributed by atoms with van der Waals surface area (Å²) in [5.74, 6) is 1.28. The molecule has 0 bridgehead atoms. The van der Waals surface area contributed by atoms with E-state index in [9.17, 15) is 0 Å². The van der Waals surface area contributed by atoms with Gasteiger partial charge >= 0.3 is 0 Å². The molecule has 0 fully saturated rings. The van der Waals surface area contributed by atoms with E-state index in [0.717, 1.165) is 19.3 Å². The fourth-order valence-corrected chi connectivity index (χ4v) is 3.50. The Labute approximate surface area is 176 Å². The largest absolute Gasteiger partial charge is 0.0856 e. The Morgan fingerprint density at radius 2 is 1.14 bits per heavy atom. The highest BCUT2D eigenvalue weighted by molar-refractivity contribution is 5.57. The van der Waals surface area contributed by atoms with E-state index in [1.807, 2.05) is 0 Å². The second kappa shape index (κ2) is 10.6. The van der Waals surface area contributed by atoms with Gasteiger partial charge in [-0.25, -0.2) is 0 Å². The first kappa shape index (κ1) is 20.9. The van der Waals surface area contributed by atoms with E-state index in [1.54, 1.807) is 0 Å². The molecule has 1 radical (unpaired) electrons. The summed E-state index contributed by atoms with van der Waals surface area (Å²) < 4.78 is 0. The number of hydrogen-bond acceptors (Lipinski definition) is 0. The van der Waals surface area contributed by atoms with Gasteiger partial charge in [-0.2, -0.15) is 0 Å². The summed E-state index contributed by atoms with van der Waals surface area (Å²) >= 11 is 0. The third-order valence-corrected chi connectivity index (χ3v) is 5.15. The average Bonchev–Trinajstić information content (AvgIpc) is 2.75. The summed E-state index contributed by atoms with van der Waals surface area (Å²) in [6.07, 6.45) is 7.95. The monoisotopic (exact) mass is 379 g/mol. The van der Waals surface area contributed by atoms with Crippen molar-refractivity contribution in [1.29, 1.82) is 0 Å². The van der Waals surface area contributed by atoms with Gasteiger partial charge in [0, 0.05) is 0 Å². The van der Waals surface area contributed by atoms with Gasteiger partial charge in [-0.15, -0.1) is 0 Å². The quantitative estimate of drug-likeness (QED) is 0.275. The summed E-state index contributed by atoms with van der Waals surface area (Å²) in [5.41, 5.74) is 7.98. The molecule has 0 unspecified atom stereocenters. The van der Waals surface area contributed by atoms with E-state index in [4.69, 9.17) is 0 Å². The Bertz CT molecular complexity index is 885. The zero-order valence-electron chi connectivity index (χ0n) is 17.9. The molecule has 29 heavy (non-hydrogen) atoms. The molecule has 0 spiro atoms.